The molecule has 3 rings (SSSR count). The predicted molar refractivity (Wildman–Crippen MR) is 86.6 cm³/mol. The summed E-state index contributed by atoms with van der Waals surface area (Å²) in [7, 11) is 0. The second-order valence-electron chi connectivity index (χ2n) is 5.41. The van der Waals surface area contributed by atoms with Gasteiger partial charge in [-0.3, -0.25) is 4.99 Å². The van der Waals surface area contributed by atoms with Crippen molar-refractivity contribution in [2.45, 2.75) is 26.7 Å². The minimum absolute atomic E-state index is 0.673. The number of benzene rings is 1. The third kappa shape index (κ3) is 2.34. The van der Waals surface area contributed by atoms with Crippen LogP contribution in [0, 0.1) is 6.92 Å². The number of nitrogens with zero attached hydrogens (tertiary/aromatic N) is 1. The molecule has 1 aromatic rings. The molecular weight excluding hydrogens is 244 g/mol. The molecule has 0 amide bonds. The molecule has 0 saturated carbocycles. The van der Waals surface area contributed by atoms with Gasteiger partial charge >= 0.3 is 0 Å². The zero-order chi connectivity index (χ0) is 13.9. The van der Waals surface area contributed by atoms with Gasteiger partial charge in [0.05, 0.1) is 0 Å². The number of hydrogen-bond acceptors (Lipinski definition) is 2. The molecule has 0 aromatic heterocycles. The zero-order valence-corrected chi connectivity index (χ0v) is 12.1. The summed E-state index contributed by atoms with van der Waals surface area (Å²) in [6.45, 7) is 5.11. The summed E-state index contributed by atoms with van der Waals surface area (Å²) in [5, 5.41) is 3.20. The Hall–Kier alpha value is -2.09. The van der Waals surface area contributed by atoms with E-state index in [1.54, 1.807) is 0 Å². The van der Waals surface area contributed by atoms with Crippen molar-refractivity contribution < 1.29 is 0 Å². The van der Waals surface area contributed by atoms with Gasteiger partial charge < -0.3 is 5.32 Å². The Balaban J connectivity index is 2.17. The molecule has 1 aliphatic carbocycles. The third-order valence-electron chi connectivity index (χ3n) is 3.95. The summed E-state index contributed by atoms with van der Waals surface area (Å²) in [4.78, 5) is 4.33. The van der Waals surface area contributed by atoms with Gasteiger partial charge in [0, 0.05) is 18.0 Å². The van der Waals surface area contributed by atoms with Gasteiger partial charge in [-0.1, -0.05) is 35.9 Å². The molecule has 2 nitrogen and oxygen atoms in total. The molecular formula is C18H20N2. The lowest BCUT2D eigenvalue weighted by Gasteiger charge is -2.20. The summed E-state index contributed by atoms with van der Waals surface area (Å²) in [6, 6.07) is 6.51. The van der Waals surface area contributed by atoms with Gasteiger partial charge in [-0.15, -0.1) is 0 Å². The number of hydrogen-bond donors (Lipinski definition) is 1. The monoisotopic (exact) mass is 264 g/mol. The summed E-state index contributed by atoms with van der Waals surface area (Å²) in [5.41, 5.74) is 7.95. The Bertz CT molecular complexity index is 645. The fraction of sp³-hybridized carbons (Fsp3) is 0.278. The van der Waals surface area contributed by atoms with Gasteiger partial charge in [-0.2, -0.15) is 0 Å². The number of allylic oxidation sites excluding steroid dienone is 5. The van der Waals surface area contributed by atoms with Crippen molar-refractivity contribution in [2.24, 2.45) is 4.99 Å². The van der Waals surface area contributed by atoms with Crippen LogP contribution in [0.25, 0.3) is 11.1 Å². The lowest BCUT2D eigenvalue weighted by molar-refractivity contribution is 0.882. The molecule has 1 aliphatic heterocycles. The summed E-state index contributed by atoms with van der Waals surface area (Å²) in [5.74, 6) is 0. The van der Waals surface area contributed by atoms with Crippen LogP contribution in [0.3, 0.4) is 0 Å². The number of rotatable bonds is 2. The van der Waals surface area contributed by atoms with Crippen LogP contribution < -0.4 is 5.32 Å². The van der Waals surface area contributed by atoms with Crippen molar-refractivity contribution in [3.05, 3.63) is 58.8 Å². The summed E-state index contributed by atoms with van der Waals surface area (Å²) < 4.78 is 0. The van der Waals surface area contributed by atoms with E-state index in [9.17, 15) is 0 Å². The first kappa shape index (κ1) is 12.9. The van der Waals surface area contributed by atoms with E-state index in [1.165, 1.54) is 27.8 Å². The number of aliphatic imine (C=N–C) groups is 1. The quantitative estimate of drug-likeness (QED) is 0.854. The molecule has 0 radical (unpaired) electrons. The van der Waals surface area contributed by atoms with Crippen molar-refractivity contribution in [3.63, 3.8) is 0 Å². The molecule has 0 atom stereocenters. The molecule has 0 fully saturated rings. The first-order valence-corrected chi connectivity index (χ1v) is 7.17. The van der Waals surface area contributed by atoms with E-state index in [0.29, 0.717) is 6.67 Å². The summed E-state index contributed by atoms with van der Waals surface area (Å²) >= 11 is 0. The van der Waals surface area contributed by atoms with E-state index in [2.05, 4.69) is 60.7 Å². The van der Waals surface area contributed by atoms with Gasteiger partial charge in [0.2, 0.25) is 0 Å². The Morgan fingerprint density at radius 1 is 1.20 bits per heavy atom. The second kappa shape index (κ2) is 5.49. The van der Waals surface area contributed by atoms with Crippen molar-refractivity contribution in [1.29, 1.82) is 0 Å². The highest BCUT2D eigenvalue weighted by molar-refractivity contribution is 6.12. The Labute approximate surface area is 120 Å². The van der Waals surface area contributed by atoms with Crippen LogP contribution in [0.4, 0.5) is 0 Å². The molecule has 0 saturated heterocycles. The molecule has 0 unspecified atom stereocenters. The Kier molecular flexibility index (Phi) is 3.55. The lowest BCUT2D eigenvalue weighted by atomic mass is 9.86. The van der Waals surface area contributed by atoms with E-state index in [-0.39, 0.29) is 0 Å². The van der Waals surface area contributed by atoms with Gasteiger partial charge in [-0.25, -0.2) is 0 Å². The smallest absolute Gasteiger partial charge is 0.107 e. The van der Waals surface area contributed by atoms with E-state index in [0.717, 1.165) is 18.4 Å². The first-order valence-electron chi connectivity index (χ1n) is 7.17. The first-order chi connectivity index (χ1) is 9.77. The maximum absolute atomic E-state index is 4.33. The van der Waals surface area contributed by atoms with E-state index in [4.69, 9.17) is 0 Å². The topological polar surface area (TPSA) is 24.4 Å². The summed E-state index contributed by atoms with van der Waals surface area (Å²) in [6.07, 6.45) is 10.9. The molecule has 0 spiro atoms. The van der Waals surface area contributed by atoms with Crippen molar-refractivity contribution >= 4 is 17.4 Å². The fourth-order valence-corrected chi connectivity index (χ4v) is 2.88. The maximum atomic E-state index is 4.33. The predicted octanol–water partition coefficient (Wildman–Crippen LogP) is 4.09. The van der Waals surface area contributed by atoms with Gasteiger partial charge in [0.15, 0.2) is 0 Å². The highest BCUT2D eigenvalue weighted by Crippen LogP contribution is 2.34. The lowest BCUT2D eigenvalue weighted by Crippen LogP contribution is -2.12. The average Bonchev–Trinajstić information content (AvgIpc) is 2.49. The number of aryl methyl sites for hydroxylation is 1. The van der Waals surface area contributed by atoms with Crippen LogP contribution in [0.15, 0.2) is 47.1 Å². The minimum atomic E-state index is 0.673. The van der Waals surface area contributed by atoms with Crippen LogP contribution in [-0.4, -0.2) is 12.9 Å². The standard InChI is InChI=1S/C18H20N2/c1-13-6-3-4-8-16(13)18-14(2)7-5-9-17(18)15-10-19-12-20-11-15/h4-5,7-11,19H,3,6,12H2,1-2H3. The van der Waals surface area contributed by atoms with Crippen LogP contribution in [0.2, 0.25) is 0 Å². The normalized spacial score (nSPS) is 18.0. The van der Waals surface area contributed by atoms with Crippen molar-refractivity contribution in [2.75, 3.05) is 6.67 Å². The molecule has 2 heteroatoms. The van der Waals surface area contributed by atoms with Crippen LogP contribution in [0.5, 0.6) is 0 Å². The second-order valence-corrected chi connectivity index (χ2v) is 5.41. The molecule has 102 valence electrons. The molecule has 20 heavy (non-hydrogen) atoms. The SMILES string of the molecule is CC1=C(c2c(C)cccc2C2=CNCN=C2)C=CCC1. The maximum Gasteiger partial charge on any atom is 0.107 e. The third-order valence-corrected chi connectivity index (χ3v) is 3.95. The average molecular weight is 264 g/mol. The van der Waals surface area contributed by atoms with Gasteiger partial charge in [-0.05, 0) is 49.0 Å². The molecule has 1 aromatic carbocycles. The number of nitrogens with one attached hydrogen (secondary N) is 1. The molecule has 2 aliphatic rings. The van der Waals surface area contributed by atoms with Gasteiger partial charge in [0.25, 0.3) is 0 Å². The molecule has 1 N–H and O–H groups in total. The zero-order valence-electron chi connectivity index (χ0n) is 12.1. The van der Waals surface area contributed by atoms with Gasteiger partial charge in [0.1, 0.15) is 6.67 Å². The highest BCUT2D eigenvalue weighted by Gasteiger charge is 2.15. The largest absolute Gasteiger partial charge is 0.372 e. The minimum Gasteiger partial charge on any atom is -0.372 e. The van der Waals surface area contributed by atoms with Crippen LogP contribution >= 0.6 is 0 Å². The van der Waals surface area contributed by atoms with Crippen molar-refractivity contribution in [3.8, 4) is 0 Å². The Morgan fingerprint density at radius 3 is 2.85 bits per heavy atom. The van der Waals surface area contributed by atoms with E-state index >= 15 is 0 Å². The van der Waals surface area contributed by atoms with Crippen LogP contribution in [-0.2, 0) is 0 Å². The van der Waals surface area contributed by atoms with E-state index < -0.39 is 0 Å². The van der Waals surface area contributed by atoms with E-state index in [1.807, 2.05) is 6.21 Å². The highest BCUT2D eigenvalue weighted by atomic mass is 15.0. The molecule has 1 heterocycles. The van der Waals surface area contributed by atoms with Crippen molar-refractivity contribution in [1.82, 2.24) is 5.32 Å². The molecule has 0 bridgehead atoms. The Morgan fingerprint density at radius 2 is 2.10 bits per heavy atom. The fourth-order valence-electron chi connectivity index (χ4n) is 2.88. The van der Waals surface area contributed by atoms with Crippen LogP contribution in [0.1, 0.15) is 36.5 Å².